The molecule has 0 radical (unpaired) electrons. The zero-order valence-corrected chi connectivity index (χ0v) is 10.4. The lowest BCUT2D eigenvalue weighted by Gasteiger charge is -2.07. The highest BCUT2D eigenvalue weighted by Gasteiger charge is 2.04. The van der Waals surface area contributed by atoms with Gasteiger partial charge >= 0.3 is 6.01 Å². The van der Waals surface area contributed by atoms with E-state index in [0.29, 0.717) is 19.1 Å². The number of ether oxygens (including phenoxy) is 1. The molecule has 2 rings (SSSR count). The van der Waals surface area contributed by atoms with E-state index in [-0.39, 0.29) is 17.8 Å². The van der Waals surface area contributed by atoms with Gasteiger partial charge in [0.1, 0.15) is 5.82 Å². The first-order valence-corrected chi connectivity index (χ1v) is 5.80. The Labute approximate surface area is 109 Å². The second kappa shape index (κ2) is 5.94. The van der Waals surface area contributed by atoms with Crippen LogP contribution in [0.25, 0.3) is 0 Å². The molecule has 0 saturated heterocycles. The molecule has 0 aliphatic heterocycles. The molecule has 0 bridgehead atoms. The molecular formula is C12H14FN5O. The van der Waals surface area contributed by atoms with Gasteiger partial charge in [-0.05, 0) is 24.6 Å². The molecule has 100 valence electrons. The number of nitrogens with one attached hydrogen (secondary N) is 1. The van der Waals surface area contributed by atoms with Gasteiger partial charge in [-0.25, -0.2) is 4.39 Å². The van der Waals surface area contributed by atoms with Crippen LogP contribution in [-0.2, 0) is 6.54 Å². The number of rotatable bonds is 5. The zero-order valence-electron chi connectivity index (χ0n) is 10.4. The quantitative estimate of drug-likeness (QED) is 0.852. The molecule has 7 heteroatoms. The van der Waals surface area contributed by atoms with E-state index < -0.39 is 0 Å². The molecule has 6 nitrogen and oxygen atoms in total. The minimum Gasteiger partial charge on any atom is -0.464 e. The molecular weight excluding hydrogens is 249 g/mol. The molecule has 0 unspecified atom stereocenters. The van der Waals surface area contributed by atoms with Crippen molar-refractivity contribution in [2.75, 3.05) is 17.7 Å². The van der Waals surface area contributed by atoms with Crippen molar-refractivity contribution in [2.45, 2.75) is 13.5 Å². The number of nitrogens with two attached hydrogens (primary N) is 1. The summed E-state index contributed by atoms with van der Waals surface area (Å²) in [6, 6.07) is 6.32. The largest absolute Gasteiger partial charge is 0.464 e. The van der Waals surface area contributed by atoms with Crippen molar-refractivity contribution in [2.24, 2.45) is 0 Å². The van der Waals surface area contributed by atoms with E-state index in [1.165, 1.54) is 12.1 Å². The maximum atomic E-state index is 12.8. The van der Waals surface area contributed by atoms with E-state index in [4.69, 9.17) is 10.5 Å². The van der Waals surface area contributed by atoms with Gasteiger partial charge in [0, 0.05) is 6.54 Å². The molecule has 0 saturated carbocycles. The van der Waals surface area contributed by atoms with Gasteiger partial charge in [-0.15, -0.1) is 0 Å². The molecule has 0 atom stereocenters. The van der Waals surface area contributed by atoms with Gasteiger partial charge < -0.3 is 15.8 Å². The second-order valence-electron chi connectivity index (χ2n) is 3.71. The summed E-state index contributed by atoms with van der Waals surface area (Å²) in [7, 11) is 0. The van der Waals surface area contributed by atoms with Crippen LogP contribution in [0.4, 0.5) is 16.3 Å². The maximum absolute atomic E-state index is 12.8. The third-order valence-electron chi connectivity index (χ3n) is 2.27. The van der Waals surface area contributed by atoms with E-state index >= 15 is 0 Å². The average molecular weight is 263 g/mol. The first-order chi connectivity index (χ1) is 9.17. The van der Waals surface area contributed by atoms with Crippen molar-refractivity contribution in [1.29, 1.82) is 0 Å². The Bertz CT molecular complexity index is 546. The number of hydrogen-bond donors (Lipinski definition) is 2. The Hall–Kier alpha value is -2.44. The number of nitrogens with zero attached hydrogens (tertiary/aromatic N) is 3. The lowest BCUT2D eigenvalue weighted by Crippen LogP contribution is -2.09. The minimum atomic E-state index is -0.271. The highest BCUT2D eigenvalue weighted by molar-refractivity contribution is 5.33. The topological polar surface area (TPSA) is 86.0 Å². The van der Waals surface area contributed by atoms with Gasteiger partial charge in [-0.2, -0.15) is 15.0 Å². The van der Waals surface area contributed by atoms with Gasteiger partial charge in [0.2, 0.25) is 11.9 Å². The highest BCUT2D eigenvalue weighted by atomic mass is 19.1. The van der Waals surface area contributed by atoms with Crippen molar-refractivity contribution >= 4 is 11.9 Å². The summed E-state index contributed by atoms with van der Waals surface area (Å²) in [6.07, 6.45) is 0. The standard InChI is InChI=1S/C12H14FN5O/c1-2-19-12-17-10(14)16-11(18-12)15-7-8-3-5-9(13)6-4-8/h3-6H,2,7H2,1H3,(H3,14,15,16,17,18). The fourth-order valence-corrected chi connectivity index (χ4v) is 1.43. The van der Waals surface area contributed by atoms with E-state index in [1.807, 2.05) is 6.92 Å². The molecule has 1 aromatic heterocycles. The molecule has 0 aliphatic carbocycles. The van der Waals surface area contributed by atoms with Crippen molar-refractivity contribution in [3.05, 3.63) is 35.6 Å². The predicted octanol–water partition coefficient (Wildman–Crippen LogP) is 1.60. The molecule has 19 heavy (non-hydrogen) atoms. The second-order valence-corrected chi connectivity index (χ2v) is 3.71. The van der Waals surface area contributed by atoms with E-state index in [2.05, 4.69) is 20.3 Å². The molecule has 0 amide bonds. The molecule has 0 spiro atoms. The lowest BCUT2D eigenvalue weighted by atomic mass is 10.2. The number of benzene rings is 1. The fourth-order valence-electron chi connectivity index (χ4n) is 1.43. The Morgan fingerprint density at radius 1 is 1.21 bits per heavy atom. The van der Waals surface area contributed by atoms with Gasteiger partial charge in [0.25, 0.3) is 0 Å². The molecule has 0 aliphatic rings. The number of aromatic nitrogens is 3. The average Bonchev–Trinajstić information content (AvgIpc) is 2.38. The van der Waals surface area contributed by atoms with E-state index in [0.717, 1.165) is 5.56 Å². The maximum Gasteiger partial charge on any atom is 0.323 e. The molecule has 2 aromatic rings. The lowest BCUT2D eigenvalue weighted by molar-refractivity contribution is 0.312. The van der Waals surface area contributed by atoms with Gasteiger partial charge in [0.15, 0.2) is 0 Å². The van der Waals surface area contributed by atoms with Crippen molar-refractivity contribution in [3.63, 3.8) is 0 Å². The Kier molecular flexibility index (Phi) is 4.07. The Balaban J connectivity index is 2.04. The van der Waals surface area contributed by atoms with Crippen LogP contribution >= 0.6 is 0 Å². The van der Waals surface area contributed by atoms with Gasteiger partial charge in [-0.3, -0.25) is 0 Å². The number of anilines is 2. The fraction of sp³-hybridized carbons (Fsp3) is 0.250. The zero-order chi connectivity index (χ0) is 13.7. The normalized spacial score (nSPS) is 10.2. The van der Waals surface area contributed by atoms with Crippen LogP contribution in [0.1, 0.15) is 12.5 Å². The number of nitrogen functional groups attached to an aromatic ring is 1. The molecule has 3 N–H and O–H groups in total. The van der Waals surface area contributed by atoms with Crippen molar-refractivity contribution in [3.8, 4) is 6.01 Å². The first kappa shape index (κ1) is 13.0. The third kappa shape index (κ3) is 3.77. The van der Waals surface area contributed by atoms with Gasteiger partial charge in [0.05, 0.1) is 6.61 Å². The summed E-state index contributed by atoms with van der Waals surface area (Å²) in [5, 5.41) is 2.98. The number of hydrogen-bond acceptors (Lipinski definition) is 6. The van der Waals surface area contributed by atoms with Crippen molar-refractivity contribution in [1.82, 2.24) is 15.0 Å². The molecule has 1 aromatic carbocycles. The third-order valence-corrected chi connectivity index (χ3v) is 2.27. The summed E-state index contributed by atoms with van der Waals surface area (Å²) in [6.45, 7) is 2.72. The Morgan fingerprint density at radius 2 is 1.95 bits per heavy atom. The van der Waals surface area contributed by atoms with Crippen LogP contribution < -0.4 is 15.8 Å². The SMILES string of the molecule is CCOc1nc(N)nc(NCc2ccc(F)cc2)n1. The van der Waals surface area contributed by atoms with Crippen LogP contribution in [0.5, 0.6) is 6.01 Å². The smallest absolute Gasteiger partial charge is 0.323 e. The minimum absolute atomic E-state index is 0.0834. The summed E-state index contributed by atoms with van der Waals surface area (Å²) in [5.41, 5.74) is 6.45. The van der Waals surface area contributed by atoms with E-state index in [9.17, 15) is 4.39 Å². The monoisotopic (exact) mass is 263 g/mol. The first-order valence-electron chi connectivity index (χ1n) is 5.80. The molecule has 0 fully saturated rings. The van der Waals surface area contributed by atoms with Crippen molar-refractivity contribution < 1.29 is 9.13 Å². The Morgan fingerprint density at radius 3 is 2.63 bits per heavy atom. The number of halogens is 1. The predicted molar refractivity (Wildman–Crippen MR) is 69.1 cm³/mol. The van der Waals surface area contributed by atoms with Crippen LogP contribution in [0, 0.1) is 5.82 Å². The van der Waals surface area contributed by atoms with Crippen LogP contribution in [0.3, 0.4) is 0 Å². The van der Waals surface area contributed by atoms with Crippen LogP contribution in [-0.4, -0.2) is 21.6 Å². The summed E-state index contributed by atoms with van der Waals surface area (Å²) >= 11 is 0. The summed E-state index contributed by atoms with van der Waals surface area (Å²) in [4.78, 5) is 11.8. The summed E-state index contributed by atoms with van der Waals surface area (Å²) < 4.78 is 17.9. The summed E-state index contributed by atoms with van der Waals surface area (Å²) in [5.74, 6) is 0.132. The van der Waals surface area contributed by atoms with Crippen LogP contribution in [0.15, 0.2) is 24.3 Å². The highest BCUT2D eigenvalue weighted by Crippen LogP contribution is 2.10. The van der Waals surface area contributed by atoms with Gasteiger partial charge in [-0.1, -0.05) is 12.1 Å². The van der Waals surface area contributed by atoms with E-state index in [1.54, 1.807) is 12.1 Å². The molecule has 1 heterocycles. The van der Waals surface area contributed by atoms with Crippen LogP contribution in [0.2, 0.25) is 0 Å².